The fourth-order valence-electron chi connectivity index (χ4n) is 0.697. The lowest BCUT2D eigenvalue weighted by atomic mass is 10.3. The van der Waals surface area contributed by atoms with Gasteiger partial charge in [-0.2, -0.15) is 0 Å². The number of allylic oxidation sites excluding steroid dienone is 2. The highest BCUT2D eigenvalue weighted by molar-refractivity contribution is 7.11. The highest BCUT2D eigenvalue weighted by atomic mass is 32.1. The summed E-state index contributed by atoms with van der Waals surface area (Å²) in [7, 11) is 0. The molecule has 1 aromatic heterocycles. The van der Waals surface area contributed by atoms with Crippen LogP contribution in [0.1, 0.15) is 15.2 Å². The molecule has 0 amide bonds. The molecule has 0 atom stereocenters. The highest BCUT2D eigenvalue weighted by Gasteiger charge is 1.92. The first-order valence-electron chi connectivity index (χ1n) is 3.19. The standard InChI is InChI=1S/C9H8OS/c1-2-3-4-8-5-9(6-10)11-7-8/h2-7H,1H2/b4-3-. The molecule has 0 bridgehead atoms. The quantitative estimate of drug-likeness (QED) is 0.496. The van der Waals surface area contributed by atoms with Gasteiger partial charge in [-0.05, 0) is 17.0 Å². The second-order valence-electron chi connectivity index (χ2n) is 2.00. The van der Waals surface area contributed by atoms with Crippen LogP contribution in [-0.2, 0) is 0 Å². The van der Waals surface area contributed by atoms with Gasteiger partial charge in [0.25, 0.3) is 0 Å². The van der Waals surface area contributed by atoms with Crippen molar-refractivity contribution in [2.45, 2.75) is 0 Å². The Morgan fingerprint density at radius 2 is 2.36 bits per heavy atom. The van der Waals surface area contributed by atoms with Gasteiger partial charge in [0.05, 0.1) is 4.88 Å². The molecule has 1 heterocycles. The summed E-state index contributed by atoms with van der Waals surface area (Å²) < 4.78 is 0. The molecule has 0 aliphatic heterocycles. The smallest absolute Gasteiger partial charge is 0.160 e. The maximum Gasteiger partial charge on any atom is 0.160 e. The Morgan fingerprint density at radius 3 is 2.91 bits per heavy atom. The third kappa shape index (κ3) is 2.16. The maximum absolute atomic E-state index is 10.3. The maximum atomic E-state index is 10.3. The SMILES string of the molecule is C=C/C=C\c1csc(C=O)c1. The molecule has 2 heteroatoms. The minimum absolute atomic E-state index is 0.758. The molecular weight excluding hydrogens is 156 g/mol. The van der Waals surface area contributed by atoms with Crippen molar-refractivity contribution in [1.29, 1.82) is 0 Å². The van der Waals surface area contributed by atoms with Gasteiger partial charge in [0.2, 0.25) is 0 Å². The first-order valence-corrected chi connectivity index (χ1v) is 4.07. The summed E-state index contributed by atoms with van der Waals surface area (Å²) in [6.45, 7) is 3.55. The largest absolute Gasteiger partial charge is 0.297 e. The number of aldehydes is 1. The van der Waals surface area contributed by atoms with Gasteiger partial charge >= 0.3 is 0 Å². The van der Waals surface area contributed by atoms with Gasteiger partial charge in [0.15, 0.2) is 6.29 Å². The van der Waals surface area contributed by atoms with Crippen LogP contribution in [0.4, 0.5) is 0 Å². The van der Waals surface area contributed by atoms with Crippen LogP contribution >= 0.6 is 11.3 Å². The molecule has 0 saturated carbocycles. The average molecular weight is 164 g/mol. The Kier molecular flexibility index (Phi) is 2.81. The molecule has 0 saturated heterocycles. The first kappa shape index (κ1) is 7.95. The second kappa shape index (κ2) is 3.88. The Morgan fingerprint density at radius 1 is 1.55 bits per heavy atom. The monoisotopic (exact) mass is 164 g/mol. The predicted molar refractivity (Wildman–Crippen MR) is 48.9 cm³/mol. The molecule has 0 radical (unpaired) electrons. The zero-order valence-electron chi connectivity index (χ0n) is 5.99. The van der Waals surface area contributed by atoms with Gasteiger partial charge in [-0.25, -0.2) is 0 Å². The van der Waals surface area contributed by atoms with Crippen molar-refractivity contribution in [3.05, 3.63) is 40.6 Å². The van der Waals surface area contributed by atoms with E-state index < -0.39 is 0 Å². The fraction of sp³-hybridized carbons (Fsp3) is 0. The number of hydrogen-bond acceptors (Lipinski definition) is 2. The van der Waals surface area contributed by atoms with Crippen LogP contribution in [0.5, 0.6) is 0 Å². The van der Waals surface area contributed by atoms with Gasteiger partial charge in [0, 0.05) is 0 Å². The molecule has 0 aliphatic rings. The molecule has 0 aliphatic carbocycles. The van der Waals surface area contributed by atoms with E-state index in [2.05, 4.69) is 6.58 Å². The van der Waals surface area contributed by atoms with Crippen molar-refractivity contribution in [2.75, 3.05) is 0 Å². The van der Waals surface area contributed by atoms with Gasteiger partial charge < -0.3 is 0 Å². The minimum Gasteiger partial charge on any atom is -0.297 e. The lowest BCUT2D eigenvalue weighted by Crippen LogP contribution is -1.65. The summed E-state index contributed by atoms with van der Waals surface area (Å²) in [6, 6.07) is 1.84. The highest BCUT2D eigenvalue weighted by Crippen LogP contribution is 2.13. The van der Waals surface area contributed by atoms with Crippen molar-refractivity contribution in [2.24, 2.45) is 0 Å². The van der Waals surface area contributed by atoms with Gasteiger partial charge in [-0.1, -0.05) is 24.8 Å². The summed E-state index contributed by atoms with van der Waals surface area (Å²) in [5.41, 5.74) is 1.05. The number of thiophene rings is 1. The van der Waals surface area contributed by atoms with Gasteiger partial charge in [-0.15, -0.1) is 11.3 Å². The first-order chi connectivity index (χ1) is 5.36. The van der Waals surface area contributed by atoms with Crippen LogP contribution in [0, 0.1) is 0 Å². The summed E-state index contributed by atoms with van der Waals surface area (Å²) >= 11 is 1.45. The molecule has 0 unspecified atom stereocenters. The lowest BCUT2D eigenvalue weighted by molar-refractivity contribution is 0.112. The topological polar surface area (TPSA) is 17.1 Å². The van der Waals surface area contributed by atoms with E-state index in [1.807, 2.05) is 23.6 Å². The summed E-state index contributed by atoms with van der Waals surface area (Å²) in [4.78, 5) is 11.0. The van der Waals surface area contributed by atoms with Crippen molar-refractivity contribution in [1.82, 2.24) is 0 Å². The fourth-order valence-corrected chi connectivity index (χ4v) is 1.38. The number of hydrogen-bond donors (Lipinski definition) is 0. The summed E-state index contributed by atoms with van der Waals surface area (Å²) in [5.74, 6) is 0. The molecule has 0 aromatic carbocycles. The molecule has 0 N–H and O–H groups in total. The third-order valence-corrected chi connectivity index (χ3v) is 2.06. The van der Waals surface area contributed by atoms with Crippen molar-refractivity contribution in [3.63, 3.8) is 0 Å². The van der Waals surface area contributed by atoms with E-state index in [1.165, 1.54) is 11.3 Å². The van der Waals surface area contributed by atoms with Crippen LogP contribution < -0.4 is 0 Å². The molecule has 56 valence electrons. The Hall–Kier alpha value is -1.15. The van der Waals surface area contributed by atoms with E-state index >= 15 is 0 Å². The van der Waals surface area contributed by atoms with Crippen molar-refractivity contribution < 1.29 is 4.79 Å². The molecule has 11 heavy (non-hydrogen) atoms. The molecular formula is C9H8OS. The van der Waals surface area contributed by atoms with E-state index in [1.54, 1.807) is 6.08 Å². The molecule has 1 nitrogen and oxygen atoms in total. The van der Waals surface area contributed by atoms with E-state index in [-0.39, 0.29) is 0 Å². The van der Waals surface area contributed by atoms with E-state index in [0.29, 0.717) is 0 Å². The summed E-state index contributed by atoms with van der Waals surface area (Å²) in [6.07, 6.45) is 6.32. The van der Waals surface area contributed by atoms with Gasteiger partial charge in [0.1, 0.15) is 0 Å². The van der Waals surface area contributed by atoms with Crippen molar-refractivity contribution >= 4 is 23.7 Å². The predicted octanol–water partition coefficient (Wildman–Crippen LogP) is 2.76. The van der Waals surface area contributed by atoms with Crippen LogP contribution in [0.15, 0.2) is 30.2 Å². The molecule has 1 rings (SSSR count). The molecule has 0 spiro atoms. The number of carbonyl (C=O) groups excluding carboxylic acids is 1. The Balaban J connectivity index is 2.80. The van der Waals surface area contributed by atoms with E-state index in [9.17, 15) is 4.79 Å². The van der Waals surface area contributed by atoms with Crippen LogP contribution in [0.25, 0.3) is 6.08 Å². The zero-order chi connectivity index (χ0) is 8.10. The molecule has 1 aromatic rings. The average Bonchev–Trinajstić information content (AvgIpc) is 2.48. The van der Waals surface area contributed by atoms with Crippen LogP contribution in [-0.4, -0.2) is 6.29 Å². The number of rotatable bonds is 3. The second-order valence-corrected chi connectivity index (χ2v) is 2.94. The lowest BCUT2D eigenvalue weighted by Gasteiger charge is -1.77. The minimum atomic E-state index is 0.758. The molecule has 0 fully saturated rings. The Labute approximate surface area is 69.7 Å². The summed E-state index contributed by atoms with van der Waals surface area (Å²) in [5, 5.41) is 1.93. The normalized spacial score (nSPS) is 10.2. The van der Waals surface area contributed by atoms with Crippen molar-refractivity contribution in [3.8, 4) is 0 Å². The van der Waals surface area contributed by atoms with E-state index in [0.717, 1.165) is 16.7 Å². The zero-order valence-corrected chi connectivity index (χ0v) is 6.80. The Bertz CT molecular complexity index is 284. The number of carbonyl (C=O) groups is 1. The third-order valence-electron chi connectivity index (χ3n) is 1.18. The van der Waals surface area contributed by atoms with Crippen LogP contribution in [0.2, 0.25) is 0 Å². The van der Waals surface area contributed by atoms with Crippen LogP contribution in [0.3, 0.4) is 0 Å². The van der Waals surface area contributed by atoms with Gasteiger partial charge in [-0.3, -0.25) is 4.79 Å². The van der Waals surface area contributed by atoms with E-state index in [4.69, 9.17) is 0 Å².